The Balaban J connectivity index is 1.48. The Labute approximate surface area is 165 Å². The number of rotatable bonds is 7. The van der Waals surface area contributed by atoms with E-state index in [4.69, 9.17) is 4.74 Å². The molecule has 1 heterocycles. The molecule has 0 unspecified atom stereocenters. The molecule has 2 N–H and O–H groups in total. The third-order valence-electron chi connectivity index (χ3n) is 5.50. The second-order valence-corrected chi connectivity index (χ2v) is 7.55. The SMILES string of the molecule is COc1ccc(CCN2C(=O)N[C@H](CC(=O)NC3CCCCCC3)C2=O)cc1. The summed E-state index contributed by atoms with van der Waals surface area (Å²) in [4.78, 5) is 38.3. The first-order valence-corrected chi connectivity index (χ1v) is 10.1. The van der Waals surface area contributed by atoms with Gasteiger partial charge in [-0.1, -0.05) is 37.8 Å². The van der Waals surface area contributed by atoms with Crippen molar-refractivity contribution < 1.29 is 19.1 Å². The number of imide groups is 1. The van der Waals surface area contributed by atoms with E-state index >= 15 is 0 Å². The quantitative estimate of drug-likeness (QED) is 0.555. The van der Waals surface area contributed by atoms with Gasteiger partial charge in [-0.2, -0.15) is 0 Å². The third-order valence-corrected chi connectivity index (χ3v) is 5.50. The Morgan fingerprint density at radius 1 is 1.14 bits per heavy atom. The molecule has 1 aromatic carbocycles. The highest BCUT2D eigenvalue weighted by molar-refractivity contribution is 6.05. The molecule has 7 nitrogen and oxygen atoms in total. The maximum atomic E-state index is 12.6. The molecule has 2 aliphatic rings. The van der Waals surface area contributed by atoms with Crippen LogP contribution in [-0.2, 0) is 16.0 Å². The van der Waals surface area contributed by atoms with Gasteiger partial charge in [-0.25, -0.2) is 4.79 Å². The topological polar surface area (TPSA) is 87.7 Å². The third kappa shape index (κ3) is 5.24. The standard InChI is InChI=1S/C21H29N3O4/c1-28-17-10-8-15(9-11-17)12-13-24-20(26)18(23-21(24)27)14-19(25)22-16-6-4-2-3-5-7-16/h8-11,16,18H,2-7,12-14H2,1H3,(H,22,25)(H,23,27)/t18-/m1/s1. The minimum Gasteiger partial charge on any atom is -0.497 e. The lowest BCUT2D eigenvalue weighted by molar-refractivity contribution is -0.131. The molecule has 7 heteroatoms. The summed E-state index contributed by atoms with van der Waals surface area (Å²) in [5.41, 5.74) is 1.01. The van der Waals surface area contributed by atoms with Crippen LogP contribution in [0.5, 0.6) is 5.75 Å². The van der Waals surface area contributed by atoms with Gasteiger partial charge in [-0.05, 0) is 37.0 Å². The van der Waals surface area contributed by atoms with E-state index in [0.29, 0.717) is 6.42 Å². The maximum absolute atomic E-state index is 12.6. The minimum absolute atomic E-state index is 0.000108. The van der Waals surface area contributed by atoms with Crippen molar-refractivity contribution in [1.82, 2.24) is 15.5 Å². The maximum Gasteiger partial charge on any atom is 0.324 e. The first-order chi connectivity index (χ1) is 13.6. The van der Waals surface area contributed by atoms with Crippen LogP contribution >= 0.6 is 0 Å². The summed E-state index contributed by atoms with van der Waals surface area (Å²) in [6.07, 6.45) is 7.23. The van der Waals surface area contributed by atoms with E-state index in [2.05, 4.69) is 10.6 Å². The molecule has 4 amide bonds. The van der Waals surface area contributed by atoms with Gasteiger partial charge in [0, 0.05) is 12.6 Å². The van der Waals surface area contributed by atoms with Gasteiger partial charge >= 0.3 is 6.03 Å². The number of ether oxygens (including phenoxy) is 1. The molecular formula is C21H29N3O4. The van der Waals surface area contributed by atoms with Crippen LogP contribution in [-0.4, -0.2) is 48.5 Å². The van der Waals surface area contributed by atoms with Crippen molar-refractivity contribution in [3.63, 3.8) is 0 Å². The molecule has 1 saturated carbocycles. The van der Waals surface area contributed by atoms with Crippen LogP contribution in [0, 0.1) is 0 Å². The van der Waals surface area contributed by atoms with Gasteiger partial charge in [0.2, 0.25) is 5.91 Å². The molecule has 1 saturated heterocycles. The second kappa shape index (κ2) is 9.57. The fraction of sp³-hybridized carbons (Fsp3) is 0.571. The lowest BCUT2D eigenvalue weighted by atomic mass is 10.1. The van der Waals surface area contributed by atoms with Crippen molar-refractivity contribution in [2.24, 2.45) is 0 Å². The lowest BCUT2D eigenvalue weighted by Crippen LogP contribution is -2.40. The zero-order valence-electron chi connectivity index (χ0n) is 16.4. The predicted octanol–water partition coefficient (Wildman–Crippen LogP) is 2.39. The summed E-state index contributed by atoms with van der Waals surface area (Å²) >= 11 is 0. The summed E-state index contributed by atoms with van der Waals surface area (Å²) < 4.78 is 5.13. The number of carbonyl (C=O) groups is 3. The Kier molecular flexibility index (Phi) is 6.90. The van der Waals surface area contributed by atoms with Crippen molar-refractivity contribution >= 4 is 17.8 Å². The van der Waals surface area contributed by atoms with Crippen LogP contribution in [0.25, 0.3) is 0 Å². The van der Waals surface area contributed by atoms with E-state index in [0.717, 1.165) is 37.0 Å². The highest BCUT2D eigenvalue weighted by Crippen LogP contribution is 2.18. The van der Waals surface area contributed by atoms with E-state index in [1.165, 1.54) is 17.7 Å². The number of amides is 4. The first kappa shape index (κ1) is 20.2. The van der Waals surface area contributed by atoms with Crippen LogP contribution < -0.4 is 15.4 Å². The molecule has 3 rings (SSSR count). The average molecular weight is 387 g/mol. The minimum atomic E-state index is -0.769. The number of nitrogens with zero attached hydrogens (tertiary/aromatic N) is 1. The monoisotopic (exact) mass is 387 g/mol. The first-order valence-electron chi connectivity index (χ1n) is 10.1. The Bertz CT molecular complexity index is 696. The molecule has 152 valence electrons. The van der Waals surface area contributed by atoms with Gasteiger partial charge in [0.15, 0.2) is 0 Å². The number of methoxy groups -OCH3 is 1. The molecule has 0 aromatic heterocycles. The van der Waals surface area contributed by atoms with Crippen molar-refractivity contribution in [2.45, 2.75) is 63.5 Å². The number of hydrogen-bond donors (Lipinski definition) is 2. The van der Waals surface area contributed by atoms with Gasteiger partial charge in [-0.15, -0.1) is 0 Å². The van der Waals surface area contributed by atoms with Crippen LogP contribution in [0.3, 0.4) is 0 Å². The molecule has 1 aromatic rings. The highest BCUT2D eigenvalue weighted by Gasteiger charge is 2.38. The largest absolute Gasteiger partial charge is 0.497 e. The molecule has 0 bridgehead atoms. The van der Waals surface area contributed by atoms with Crippen molar-refractivity contribution in [3.8, 4) is 5.75 Å². The number of nitrogens with one attached hydrogen (secondary N) is 2. The summed E-state index contributed by atoms with van der Waals surface area (Å²) in [5, 5.41) is 5.68. The van der Waals surface area contributed by atoms with Gasteiger partial charge < -0.3 is 15.4 Å². The Hall–Kier alpha value is -2.57. The molecule has 1 aliphatic heterocycles. The number of carbonyl (C=O) groups excluding carboxylic acids is 3. The smallest absolute Gasteiger partial charge is 0.324 e. The van der Waals surface area contributed by atoms with Gasteiger partial charge in [-0.3, -0.25) is 14.5 Å². The molecule has 0 spiro atoms. The zero-order valence-corrected chi connectivity index (χ0v) is 16.4. The summed E-state index contributed by atoms with van der Waals surface area (Å²) in [6.45, 7) is 0.289. The lowest BCUT2D eigenvalue weighted by Gasteiger charge is -2.17. The van der Waals surface area contributed by atoms with Crippen LogP contribution in [0.15, 0.2) is 24.3 Å². The van der Waals surface area contributed by atoms with Crippen molar-refractivity contribution in [2.75, 3.05) is 13.7 Å². The molecule has 1 atom stereocenters. The second-order valence-electron chi connectivity index (χ2n) is 7.55. The Morgan fingerprint density at radius 2 is 1.82 bits per heavy atom. The number of benzene rings is 1. The number of urea groups is 1. The molecule has 1 aliphatic carbocycles. The fourth-order valence-corrected chi connectivity index (χ4v) is 3.86. The van der Waals surface area contributed by atoms with Gasteiger partial charge in [0.25, 0.3) is 5.91 Å². The fourth-order valence-electron chi connectivity index (χ4n) is 3.86. The molecule has 28 heavy (non-hydrogen) atoms. The van der Waals surface area contributed by atoms with E-state index < -0.39 is 12.1 Å². The van der Waals surface area contributed by atoms with Crippen LogP contribution in [0.1, 0.15) is 50.5 Å². The summed E-state index contributed by atoms with van der Waals surface area (Å²) in [7, 11) is 1.61. The summed E-state index contributed by atoms with van der Waals surface area (Å²) in [6, 6.07) is 6.52. The average Bonchev–Trinajstić information content (AvgIpc) is 2.85. The predicted molar refractivity (Wildman–Crippen MR) is 105 cm³/mol. The zero-order chi connectivity index (χ0) is 19.9. The van der Waals surface area contributed by atoms with Crippen LogP contribution in [0.2, 0.25) is 0 Å². The molecular weight excluding hydrogens is 358 g/mol. The van der Waals surface area contributed by atoms with E-state index in [-0.39, 0.29) is 30.8 Å². The molecule has 2 fully saturated rings. The normalized spacial score (nSPS) is 20.6. The summed E-state index contributed by atoms with van der Waals surface area (Å²) in [5.74, 6) is 0.274. The van der Waals surface area contributed by atoms with E-state index in [9.17, 15) is 14.4 Å². The highest BCUT2D eigenvalue weighted by atomic mass is 16.5. The van der Waals surface area contributed by atoms with Gasteiger partial charge in [0.05, 0.1) is 13.5 Å². The van der Waals surface area contributed by atoms with Crippen LogP contribution in [0.4, 0.5) is 4.79 Å². The number of hydrogen-bond acceptors (Lipinski definition) is 4. The van der Waals surface area contributed by atoms with E-state index in [1.54, 1.807) is 7.11 Å². The Morgan fingerprint density at radius 3 is 2.46 bits per heavy atom. The van der Waals surface area contributed by atoms with Crippen molar-refractivity contribution in [3.05, 3.63) is 29.8 Å². The van der Waals surface area contributed by atoms with E-state index in [1.807, 2.05) is 24.3 Å². The molecule has 0 radical (unpaired) electrons. The van der Waals surface area contributed by atoms with Gasteiger partial charge in [0.1, 0.15) is 11.8 Å². The van der Waals surface area contributed by atoms with Crippen molar-refractivity contribution in [1.29, 1.82) is 0 Å².